The Bertz CT molecular complexity index is 589. The third kappa shape index (κ3) is 2.11. The van der Waals surface area contributed by atoms with Crippen LogP contribution in [0.4, 0.5) is 0 Å². The zero-order chi connectivity index (χ0) is 13.3. The van der Waals surface area contributed by atoms with Crippen LogP contribution in [0, 0.1) is 0 Å². The van der Waals surface area contributed by atoms with Crippen LogP contribution < -0.4 is 0 Å². The van der Waals surface area contributed by atoms with Gasteiger partial charge in [0.05, 0.1) is 16.8 Å². The van der Waals surface area contributed by atoms with Crippen LogP contribution in [0.2, 0.25) is 5.02 Å². The first kappa shape index (κ1) is 12.6. The molecule has 0 aliphatic carbocycles. The standard InChI is InChI=1S/C13H12ClNO3/c1-13(2,12(16)17)10-7-15-11(18-10)8-5-3-4-6-9(8)14/h3-7H,1-2H3,(H,16,17). The number of hydrogen-bond acceptors (Lipinski definition) is 3. The number of nitrogens with zero attached hydrogens (tertiary/aromatic N) is 1. The number of aromatic nitrogens is 1. The fourth-order valence-corrected chi connectivity index (χ4v) is 1.64. The first-order chi connectivity index (χ1) is 8.43. The summed E-state index contributed by atoms with van der Waals surface area (Å²) in [4.78, 5) is 15.2. The minimum Gasteiger partial charge on any atom is -0.481 e. The monoisotopic (exact) mass is 265 g/mol. The summed E-state index contributed by atoms with van der Waals surface area (Å²) in [6.07, 6.45) is 1.42. The minimum atomic E-state index is -1.12. The molecule has 2 aromatic rings. The van der Waals surface area contributed by atoms with Gasteiger partial charge in [0.25, 0.3) is 0 Å². The predicted octanol–water partition coefficient (Wildman–Crippen LogP) is 3.36. The molecule has 94 valence electrons. The average Bonchev–Trinajstić information content (AvgIpc) is 2.79. The molecule has 0 fully saturated rings. The third-order valence-electron chi connectivity index (χ3n) is 2.76. The van der Waals surface area contributed by atoms with Crippen LogP contribution in [0.5, 0.6) is 0 Å². The molecule has 1 heterocycles. The molecule has 1 N–H and O–H groups in total. The molecule has 0 aliphatic heterocycles. The van der Waals surface area contributed by atoms with Gasteiger partial charge in [-0.05, 0) is 26.0 Å². The quantitative estimate of drug-likeness (QED) is 0.924. The van der Waals surface area contributed by atoms with Crippen molar-refractivity contribution in [1.82, 2.24) is 4.98 Å². The number of benzene rings is 1. The molecule has 0 radical (unpaired) electrons. The summed E-state index contributed by atoms with van der Waals surface area (Å²) in [6, 6.07) is 7.11. The second kappa shape index (κ2) is 4.46. The number of carboxylic acid groups (broad SMARTS) is 1. The zero-order valence-electron chi connectivity index (χ0n) is 9.98. The van der Waals surface area contributed by atoms with E-state index >= 15 is 0 Å². The van der Waals surface area contributed by atoms with Crippen LogP contribution in [-0.2, 0) is 10.2 Å². The Morgan fingerprint density at radius 3 is 2.67 bits per heavy atom. The Hall–Kier alpha value is -1.81. The lowest BCUT2D eigenvalue weighted by Crippen LogP contribution is -2.27. The number of oxazole rings is 1. The summed E-state index contributed by atoms with van der Waals surface area (Å²) < 4.78 is 5.50. The Balaban J connectivity index is 2.44. The van der Waals surface area contributed by atoms with E-state index in [2.05, 4.69) is 4.98 Å². The lowest BCUT2D eigenvalue weighted by atomic mass is 9.91. The summed E-state index contributed by atoms with van der Waals surface area (Å²) in [5, 5.41) is 9.63. The molecule has 4 nitrogen and oxygen atoms in total. The van der Waals surface area contributed by atoms with E-state index in [1.54, 1.807) is 32.0 Å². The fraction of sp³-hybridized carbons (Fsp3) is 0.231. The summed E-state index contributed by atoms with van der Waals surface area (Å²) in [7, 11) is 0. The molecule has 0 spiro atoms. The van der Waals surface area contributed by atoms with Gasteiger partial charge in [-0.1, -0.05) is 23.7 Å². The molecule has 0 unspecified atom stereocenters. The van der Waals surface area contributed by atoms with E-state index < -0.39 is 11.4 Å². The predicted molar refractivity (Wildman–Crippen MR) is 67.6 cm³/mol. The Labute approximate surface area is 109 Å². The molecule has 0 saturated carbocycles. The van der Waals surface area contributed by atoms with E-state index in [0.717, 1.165) is 0 Å². The maximum atomic E-state index is 11.1. The molecule has 18 heavy (non-hydrogen) atoms. The van der Waals surface area contributed by atoms with E-state index in [4.69, 9.17) is 21.1 Å². The Kier molecular flexibility index (Phi) is 3.13. The first-order valence-corrected chi connectivity index (χ1v) is 5.75. The maximum absolute atomic E-state index is 11.1. The van der Waals surface area contributed by atoms with Gasteiger partial charge in [0, 0.05) is 0 Å². The number of halogens is 1. The van der Waals surface area contributed by atoms with Crippen LogP contribution in [0.25, 0.3) is 11.5 Å². The summed E-state index contributed by atoms with van der Waals surface area (Å²) in [5.74, 6) is -0.348. The molecule has 0 aliphatic rings. The van der Waals surface area contributed by atoms with Gasteiger partial charge in [-0.15, -0.1) is 0 Å². The Morgan fingerprint density at radius 1 is 1.39 bits per heavy atom. The van der Waals surface area contributed by atoms with E-state index in [1.165, 1.54) is 6.20 Å². The fourth-order valence-electron chi connectivity index (χ4n) is 1.43. The van der Waals surface area contributed by atoms with Crippen molar-refractivity contribution in [3.05, 3.63) is 41.2 Å². The molecule has 0 bridgehead atoms. The molecular formula is C13H12ClNO3. The molecule has 0 amide bonds. The van der Waals surface area contributed by atoms with E-state index in [0.29, 0.717) is 22.2 Å². The van der Waals surface area contributed by atoms with Gasteiger partial charge in [-0.25, -0.2) is 4.98 Å². The van der Waals surface area contributed by atoms with Gasteiger partial charge in [0.2, 0.25) is 5.89 Å². The Morgan fingerprint density at radius 2 is 2.06 bits per heavy atom. The summed E-state index contributed by atoms with van der Waals surface area (Å²) in [6.45, 7) is 3.12. The second-order valence-corrected chi connectivity index (χ2v) is 4.85. The first-order valence-electron chi connectivity index (χ1n) is 5.37. The molecule has 0 saturated heterocycles. The minimum absolute atomic E-state index is 0.296. The number of rotatable bonds is 3. The van der Waals surface area contributed by atoms with Crippen LogP contribution in [0.15, 0.2) is 34.9 Å². The van der Waals surface area contributed by atoms with Crippen molar-refractivity contribution in [2.24, 2.45) is 0 Å². The third-order valence-corrected chi connectivity index (χ3v) is 3.09. The van der Waals surface area contributed by atoms with Gasteiger partial charge < -0.3 is 9.52 Å². The molecule has 2 rings (SSSR count). The van der Waals surface area contributed by atoms with Crippen LogP contribution in [0.3, 0.4) is 0 Å². The number of aliphatic carboxylic acids is 1. The SMILES string of the molecule is CC(C)(C(=O)O)c1cnc(-c2ccccc2Cl)o1. The lowest BCUT2D eigenvalue weighted by molar-refractivity contribution is -0.143. The van der Waals surface area contributed by atoms with Crippen LogP contribution in [0.1, 0.15) is 19.6 Å². The van der Waals surface area contributed by atoms with Gasteiger partial charge in [-0.3, -0.25) is 4.79 Å². The number of carboxylic acids is 1. The molecule has 5 heteroatoms. The highest BCUT2D eigenvalue weighted by molar-refractivity contribution is 6.33. The molecular weight excluding hydrogens is 254 g/mol. The second-order valence-electron chi connectivity index (χ2n) is 4.44. The molecule has 0 atom stereocenters. The van der Waals surface area contributed by atoms with Gasteiger partial charge in [0.15, 0.2) is 0 Å². The molecule has 1 aromatic carbocycles. The van der Waals surface area contributed by atoms with Gasteiger partial charge in [-0.2, -0.15) is 0 Å². The van der Waals surface area contributed by atoms with E-state index in [9.17, 15) is 4.79 Å². The molecule has 1 aromatic heterocycles. The maximum Gasteiger partial charge on any atom is 0.316 e. The smallest absolute Gasteiger partial charge is 0.316 e. The number of carbonyl (C=O) groups is 1. The topological polar surface area (TPSA) is 63.3 Å². The van der Waals surface area contributed by atoms with Crippen molar-refractivity contribution in [2.75, 3.05) is 0 Å². The average molecular weight is 266 g/mol. The summed E-state index contributed by atoms with van der Waals surface area (Å²) >= 11 is 6.03. The van der Waals surface area contributed by atoms with Gasteiger partial charge in [0.1, 0.15) is 11.2 Å². The summed E-state index contributed by atoms with van der Waals surface area (Å²) in [5.41, 5.74) is -0.474. The van der Waals surface area contributed by atoms with Gasteiger partial charge >= 0.3 is 5.97 Å². The highest BCUT2D eigenvalue weighted by Crippen LogP contribution is 2.31. The number of hydrogen-bond donors (Lipinski definition) is 1. The van der Waals surface area contributed by atoms with Crippen molar-refractivity contribution in [2.45, 2.75) is 19.3 Å². The van der Waals surface area contributed by atoms with Crippen molar-refractivity contribution in [3.8, 4) is 11.5 Å². The van der Waals surface area contributed by atoms with Crippen molar-refractivity contribution >= 4 is 17.6 Å². The normalized spacial score (nSPS) is 11.5. The largest absolute Gasteiger partial charge is 0.481 e. The van der Waals surface area contributed by atoms with Crippen molar-refractivity contribution in [1.29, 1.82) is 0 Å². The van der Waals surface area contributed by atoms with Crippen LogP contribution in [-0.4, -0.2) is 16.1 Å². The highest BCUT2D eigenvalue weighted by Gasteiger charge is 2.33. The van der Waals surface area contributed by atoms with E-state index in [-0.39, 0.29) is 0 Å². The lowest BCUT2D eigenvalue weighted by Gasteiger charge is -2.14. The van der Waals surface area contributed by atoms with E-state index in [1.807, 2.05) is 6.07 Å². The highest BCUT2D eigenvalue weighted by atomic mass is 35.5. The van der Waals surface area contributed by atoms with Crippen molar-refractivity contribution < 1.29 is 14.3 Å². The van der Waals surface area contributed by atoms with Crippen LogP contribution >= 0.6 is 11.6 Å². The zero-order valence-corrected chi connectivity index (χ0v) is 10.7. The van der Waals surface area contributed by atoms with Crippen molar-refractivity contribution in [3.63, 3.8) is 0 Å².